The molecule has 0 aliphatic rings. The number of nitrogens with zero attached hydrogens (tertiary/aromatic N) is 1. The van der Waals surface area contributed by atoms with E-state index in [4.69, 9.17) is 33.0 Å². The van der Waals surface area contributed by atoms with E-state index in [0.717, 1.165) is 16.4 Å². The van der Waals surface area contributed by atoms with E-state index in [0.29, 0.717) is 27.7 Å². The van der Waals surface area contributed by atoms with Gasteiger partial charge in [-0.1, -0.05) is 29.8 Å². The van der Waals surface area contributed by atoms with Crippen LogP contribution >= 0.6 is 23.8 Å². The van der Waals surface area contributed by atoms with Crippen LogP contribution in [0.4, 0.5) is 17.1 Å². The first kappa shape index (κ1) is 19.0. The fraction of sp³-hybridized carbons (Fsp3) is 0.0500. The van der Waals surface area contributed by atoms with Crippen molar-refractivity contribution in [1.82, 2.24) is 0 Å². The van der Waals surface area contributed by atoms with Crippen molar-refractivity contribution in [2.24, 2.45) is 0 Å². The first-order chi connectivity index (χ1) is 14.0. The molecule has 4 aromatic rings. The molecule has 9 heteroatoms. The van der Waals surface area contributed by atoms with Crippen LogP contribution < -0.4 is 15.4 Å². The first-order valence-corrected chi connectivity index (χ1v) is 9.26. The fourth-order valence-corrected chi connectivity index (χ4v) is 3.40. The third-order valence-corrected chi connectivity index (χ3v) is 4.89. The molecule has 1 aromatic heterocycles. The van der Waals surface area contributed by atoms with Crippen molar-refractivity contribution in [3.05, 3.63) is 69.7 Å². The lowest BCUT2D eigenvalue weighted by Gasteiger charge is -2.14. The van der Waals surface area contributed by atoms with Gasteiger partial charge in [0.25, 0.3) is 5.69 Å². The predicted molar refractivity (Wildman–Crippen MR) is 118 cm³/mol. The Morgan fingerprint density at radius 2 is 1.83 bits per heavy atom. The van der Waals surface area contributed by atoms with Crippen LogP contribution in [0.5, 0.6) is 5.75 Å². The third kappa shape index (κ3) is 3.67. The van der Waals surface area contributed by atoms with Gasteiger partial charge in [-0.05, 0) is 30.4 Å². The predicted octanol–water partition coefficient (Wildman–Crippen LogP) is 5.97. The molecule has 0 fully saturated rings. The fourth-order valence-electron chi connectivity index (χ4n) is 3.02. The van der Waals surface area contributed by atoms with Gasteiger partial charge in [-0.15, -0.1) is 0 Å². The van der Waals surface area contributed by atoms with Gasteiger partial charge in [0.15, 0.2) is 5.11 Å². The van der Waals surface area contributed by atoms with Gasteiger partial charge in [-0.25, -0.2) is 0 Å². The van der Waals surface area contributed by atoms with Gasteiger partial charge in [0.2, 0.25) is 0 Å². The van der Waals surface area contributed by atoms with E-state index in [1.807, 2.05) is 30.3 Å². The third-order valence-electron chi connectivity index (χ3n) is 4.36. The van der Waals surface area contributed by atoms with E-state index < -0.39 is 4.92 Å². The van der Waals surface area contributed by atoms with Crippen molar-refractivity contribution in [3.8, 4) is 5.75 Å². The number of hydrogen-bond donors (Lipinski definition) is 2. The number of rotatable bonds is 4. The van der Waals surface area contributed by atoms with Gasteiger partial charge in [-0.2, -0.15) is 0 Å². The molecule has 0 unspecified atom stereocenters. The minimum Gasteiger partial charge on any atom is -0.495 e. The molecule has 0 aliphatic carbocycles. The molecule has 3 aromatic carbocycles. The molecule has 0 bridgehead atoms. The first-order valence-electron chi connectivity index (χ1n) is 8.47. The summed E-state index contributed by atoms with van der Waals surface area (Å²) in [5.74, 6) is 0.568. The number of ether oxygens (including phenoxy) is 1. The van der Waals surface area contributed by atoms with E-state index in [2.05, 4.69) is 10.6 Å². The summed E-state index contributed by atoms with van der Waals surface area (Å²) in [6.45, 7) is 0. The van der Waals surface area contributed by atoms with Crippen molar-refractivity contribution in [2.45, 2.75) is 0 Å². The molecule has 0 saturated heterocycles. The number of thiocarbonyl (C=S) groups is 1. The molecular formula is C20H14ClN3O4S. The second-order valence-electron chi connectivity index (χ2n) is 6.15. The standard InChI is InChI=1S/C20H14ClN3O4S/c1-27-19-9-13-12-4-2-3-5-17(12)28-18(13)10-16(19)23-20(29)22-15-8-11(24(25)26)6-7-14(15)21/h2-10H,1H3,(H2,22,23,29). The molecule has 0 saturated carbocycles. The molecule has 7 nitrogen and oxygen atoms in total. The van der Waals surface area contributed by atoms with Gasteiger partial charge >= 0.3 is 0 Å². The smallest absolute Gasteiger partial charge is 0.271 e. The zero-order valence-electron chi connectivity index (χ0n) is 15.1. The quantitative estimate of drug-likeness (QED) is 0.236. The normalized spacial score (nSPS) is 10.8. The highest BCUT2D eigenvalue weighted by atomic mass is 35.5. The molecule has 0 aliphatic heterocycles. The number of anilines is 2. The second kappa shape index (κ2) is 7.57. The number of halogens is 1. The highest BCUT2D eigenvalue weighted by Crippen LogP contribution is 2.36. The zero-order chi connectivity index (χ0) is 20.5. The Bertz CT molecular complexity index is 1270. The van der Waals surface area contributed by atoms with Gasteiger partial charge in [-0.3, -0.25) is 10.1 Å². The van der Waals surface area contributed by atoms with Crippen LogP contribution in [0.3, 0.4) is 0 Å². The Morgan fingerprint density at radius 1 is 1.07 bits per heavy atom. The summed E-state index contributed by atoms with van der Waals surface area (Å²) in [5, 5.41) is 19.3. The van der Waals surface area contributed by atoms with Crippen LogP contribution in [0, 0.1) is 10.1 Å². The maximum atomic E-state index is 11.0. The van der Waals surface area contributed by atoms with Crippen LogP contribution in [-0.4, -0.2) is 17.1 Å². The maximum absolute atomic E-state index is 11.0. The minimum atomic E-state index is -0.503. The number of hydrogen-bond acceptors (Lipinski definition) is 5. The lowest BCUT2D eigenvalue weighted by Crippen LogP contribution is -2.19. The number of non-ortho nitro benzene ring substituents is 1. The van der Waals surface area contributed by atoms with Crippen LogP contribution in [0.1, 0.15) is 0 Å². The summed E-state index contributed by atoms with van der Waals surface area (Å²) in [4.78, 5) is 10.5. The number of benzene rings is 3. The molecular weight excluding hydrogens is 414 g/mol. The van der Waals surface area contributed by atoms with E-state index in [9.17, 15) is 10.1 Å². The van der Waals surface area contributed by atoms with Gasteiger partial charge < -0.3 is 19.8 Å². The molecule has 0 radical (unpaired) electrons. The number of para-hydroxylation sites is 1. The highest BCUT2D eigenvalue weighted by molar-refractivity contribution is 7.80. The average molecular weight is 428 g/mol. The second-order valence-corrected chi connectivity index (χ2v) is 6.96. The summed E-state index contributed by atoms with van der Waals surface area (Å²) >= 11 is 11.5. The molecule has 0 amide bonds. The molecule has 29 heavy (non-hydrogen) atoms. The largest absolute Gasteiger partial charge is 0.495 e. The van der Waals surface area contributed by atoms with E-state index in [-0.39, 0.29) is 10.8 Å². The zero-order valence-corrected chi connectivity index (χ0v) is 16.6. The Hall–Kier alpha value is -3.36. The van der Waals surface area contributed by atoms with Gasteiger partial charge in [0.1, 0.15) is 16.9 Å². The Kier molecular flexibility index (Phi) is 4.96. The van der Waals surface area contributed by atoms with Crippen molar-refractivity contribution >= 4 is 67.9 Å². The monoisotopic (exact) mass is 427 g/mol. The van der Waals surface area contributed by atoms with Crippen LogP contribution in [0.15, 0.2) is 59.0 Å². The molecule has 1 heterocycles. The molecule has 0 atom stereocenters. The number of fused-ring (bicyclic) bond motifs is 3. The highest BCUT2D eigenvalue weighted by Gasteiger charge is 2.15. The van der Waals surface area contributed by atoms with E-state index >= 15 is 0 Å². The minimum absolute atomic E-state index is 0.0963. The number of furan rings is 1. The van der Waals surface area contributed by atoms with Gasteiger partial charge in [0, 0.05) is 29.0 Å². The number of methoxy groups -OCH3 is 1. The molecule has 4 rings (SSSR count). The molecule has 2 N–H and O–H groups in total. The number of nitrogens with one attached hydrogen (secondary N) is 2. The molecule has 0 spiro atoms. The van der Waals surface area contributed by atoms with Crippen molar-refractivity contribution in [1.29, 1.82) is 0 Å². The summed E-state index contributed by atoms with van der Waals surface area (Å²) in [5.41, 5.74) is 2.25. The Labute approximate surface area is 175 Å². The Morgan fingerprint density at radius 3 is 2.59 bits per heavy atom. The van der Waals surface area contributed by atoms with Crippen molar-refractivity contribution < 1.29 is 14.1 Å². The topological polar surface area (TPSA) is 89.6 Å². The van der Waals surface area contributed by atoms with E-state index in [1.165, 1.54) is 18.2 Å². The van der Waals surface area contributed by atoms with Crippen LogP contribution in [0.25, 0.3) is 21.9 Å². The summed E-state index contributed by atoms with van der Waals surface area (Å²) in [6.07, 6.45) is 0. The summed E-state index contributed by atoms with van der Waals surface area (Å²) in [6, 6.07) is 15.4. The lowest BCUT2D eigenvalue weighted by molar-refractivity contribution is -0.384. The Balaban J connectivity index is 1.65. The number of nitro benzene ring substituents is 1. The SMILES string of the molecule is COc1cc2c(cc1NC(=S)Nc1cc([N+](=O)[O-])ccc1Cl)oc1ccccc12. The van der Waals surface area contributed by atoms with Gasteiger partial charge in [0.05, 0.1) is 28.4 Å². The summed E-state index contributed by atoms with van der Waals surface area (Å²) in [7, 11) is 1.56. The van der Waals surface area contributed by atoms with Crippen LogP contribution in [0.2, 0.25) is 5.02 Å². The average Bonchev–Trinajstić information content (AvgIpc) is 3.06. The lowest BCUT2D eigenvalue weighted by atomic mass is 10.1. The van der Waals surface area contributed by atoms with Crippen molar-refractivity contribution in [2.75, 3.05) is 17.7 Å². The number of nitro groups is 1. The summed E-state index contributed by atoms with van der Waals surface area (Å²) < 4.78 is 11.4. The molecule has 146 valence electrons. The van der Waals surface area contributed by atoms with Crippen LogP contribution in [-0.2, 0) is 0 Å². The van der Waals surface area contributed by atoms with Crippen molar-refractivity contribution in [3.63, 3.8) is 0 Å². The van der Waals surface area contributed by atoms with E-state index in [1.54, 1.807) is 13.2 Å². The maximum Gasteiger partial charge on any atom is 0.271 e.